The van der Waals surface area contributed by atoms with Crippen LogP contribution in [0.3, 0.4) is 0 Å². The fourth-order valence-electron chi connectivity index (χ4n) is 2.54. The second-order valence-electron chi connectivity index (χ2n) is 4.24. The van der Waals surface area contributed by atoms with Crippen LogP contribution in [0.25, 0.3) is 0 Å². The Bertz CT molecular complexity index is 467. The van der Waals surface area contributed by atoms with Crippen molar-refractivity contribution in [3.8, 4) is 0 Å². The van der Waals surface area contributed by atoms with Crippen molar-refractivity contribution in [2.24, 2.45) is 0 Å². The molecular formula is C12H12ClNO3. The first-order valence-electron chi connectivity index (χ1n) is 5.53. The van der Waals surface area contributed by atoms with Gasteiger partial charge < -0.3 is 14.6 Å². The van der Waals surface area contributed by atoms with Gasteiger partial charge in [0, 0.05) is 25.1 Å². The average Bonchev–Trinajstić information content (AvgIpc) is 2.79. The maximum absolute atomic E-state index is 9.40. The van der Waals surface area contributed by atoms with Gasteiger partial charge in [-0.1, -0.05) is 11.6 Å². The molecule has 0 bridgehead atoms. The first kappa shape index (κ1) is 10.9. The number of pyridine rings is 1. The van der Waals surface area contributed by atoms with Gasteiger partial charge in [0.05, 0.1) is 5.56 Å². The van der Waals surface area contributed by atoms with Crippen LogP contribution in [-0.4, -0.2) is 16.7 Å². The van der Waals surface area contributed by atoms with Crippen LogP contribution < -0.4 is 0 Å². The van der Waals surface area contributed by atoms with E-state index >= 15 is 0 Å². The van der Waals surface area contributed by atoms with Crippen LogP contribution in [0.15, 0.2) is 24.8 Å². The van der Waals surface area contributed by atoms with Crippen molar-refractivity contribution in [1.82, 2.24) is 4.98 Å². The van der Waals surface area contributed by atoms with Gasteiger partial charge in [-0.3, -0.25) is 0 Å². The minimum absolute atomic E-state index is 0.0731. The van der Waals surface area contributed by atoms with E-state index in [-0.39, 0.29) is 12.5 Å². The highest BCUT2D eigenvalue weighted by atomic mass is 35.5. The van der Waals surface area contributed by atoms with Crippen molar-refractivity contribution < 1.29 is 14.6 Å². The van der Waals surface area contributed by atoms with Crippen molar-refractivity contribution in [2.45, 2.75) is 24.5 Å². The number of fused-ring (bicyclic) bond motifs is 2. The second-order valence-corrected chi connectivity index (χ2v) is 4.60. The number of aliphatic hydroxyl groups excluding tert-OH is 1. The molecule has 0 radical (unpaired) electrons. The van der Waals surface area contributed by atoms with E-state index in [4.69, 9.17) is 21.1 Å². The molecule has 1 aromatic heterocycles. The molecule has 4 nitrogen and oxygen atoms in total. The maximum Gasteiger partial charge on any atom is 0.279 e. The second kappa shape index (κ2) is 3.89. The zero-order valence-electron chi connectivity index (χ0n) is 9.10. The highest BCUT2D eigenvalue weighted by Crippen LogP contribution is 2.48. The molecule has 3 rings (SSSR count). The Morgan fingerprint density at radius 3 is 2.94 bits per heavy atom. The van der Waals surface area contributed by atoms with Crippen molar-refractivity contribution >= 4 is 11.6 Å². The number of halogens is 1. The Labute approximate surface area is 104 Å². The Hall–Kier alpha value is -1.26. The summed E-state index contributed by atoms with van der Waals surface area (Å²) in [6.45, 7) is 0.0941. The zero-order chi connectivity index (χ0) is 11.9. The lowest BCUT2D eigenvalue weighted by Crippen LogP contribution is -2.34. The molecule has 1 aromatic rings. The first-order chi connectivity index (χ1) is 8.27. The Kier molecular flexibility index (Phi) is 2.49. The van der Waals surface area contributed by atoms with Crippen LogP contribution in [-0.2, 0) is 15.3 Å². The maximum atomic E-state index is 9.40. The molecule has 17 heavy (non-hydrogen) atoms. The average molecular weight is 254 g/mol. The highest BCUT2D eigenvalue weighted by Gasteiger charge is 2.46. The number of rotatable bonds is 1. The summed E-state index contributed by atoms with van der Waals surface area (Å²) in [5.74, 6) is -0.768. The summed E-state index contributed by atoms with van der Waals surface area (Å²) < 4.78 is 11.1. The Morgan fingerprint density at radius 2 is 2.24 bits per heavy atom. The topological polar surface area (TPSA) is 51.6 Å². The van der Waals surface area contributed by atoms with Crippen molar-refractivity contribution in [3.63, 3.8) is 0 Å². The van der Waals surface area contributed by atoms with Gasteiger partial charge in [-0.15, -0.1) is 0 Å². The molecule has 1 N–H and O–H groups in total. The van der Waals surface area contributed by atoms with Gasteiger partial charge in [-0.2, -0.15) is 0 Å². The van der Waals surface area contributed by atoms with E-state index in [2.05, 4.69) is 4.98 Å². The van der Waals surface area contributed by atoms with E-state index in [1.807, 2.05) is 6.07 Å². The predicted octanol–water partition coefficient (Wildman–Crippen LogP) is 2.28. The van der Waals surface area contributed by atoms with Gasteiger partial charge in [0.15, 0.2) is 0 Å². The molecule has 0 unspecified atom stereocenters. The van der Waals surface area contributed by atoms with Gasteiger partial charge in [-0.25, -0.2) is 4.98 Å². The highest BCUT2D eigenvalue weighted by molar-refractivity contribution is 6.30. The monoisotopic (exact) mass is 253 g/mol. The largest absolute Gasteiger partial charge is 0.453 e. The summed E-state index contributed by atoms with van der Waals surface area (Å²) in [4.78, 5) is 4.08. The molecule has 0 saturated carbocycles. The summed E-state index contributed by atoms with van der Waals surface area (Å²) in [6.07, 6.45) is 6.14. The van der Waals surface area contributed by atoms with E-state index in [1.54, 1.807) is 6.20 Å². The van der Waals surface area contributed by atoms with E-state index in [1.165, 1.54) is 12.5 Å². The Morgan fingerprint density at radius 1 is 1.47 bits per heavy atom. The Balaban J connectivity index is 2.15. The SMILES string of the molecule is OC[C@@H]1CCC2(OC=CO2)c2c1ccnc2Cl. The fraction of sp³-hybridized carbons (Fsp3) is 0.417. The zero-order valence-corrected chi connectivity index (χ0v) is 9.85. The third-order valence-electron chi connectivity index (χ3n) is 3.37. The molecule has 0 aromatic carbocycles. The number of ether oxygens (including phenoxy) is 2. The summed E-state index contributed by atoms with van der Waals surface area (Å²) in [6, 6.07) is 1.87. The van der Waals surface area contributed by atoms with Gasteiger partial charge in [0.1, 0.15) is 17.7 Å². The van der Waals surface area contributed by atoms with E-state index in [9.17, 15) is 5.11 Å². The van der Waals surface area contributed by atoms with E-state index in [0.717, 1.165) is 17.5 Å². The molecule has 5 heteroatoms. The molecule has 2 heterocycles. The minimum atomic E-state index is -0.841. The number of hydrogen-bond acceptors (Lipinski definition) is 4. The van der Waals surface area contributed by atoms with Crippen LogP contribution in [0.2, 0.25) is 5.15 Å². The van der Waals surface area contributed by atoms with E-state index < -0.39 is 5.79 Å². The molecular weight excluding hydrogens is 242 g/mol. The standard InChI is InChI=1S/C12H12ClNO3/c13-11-10-9(2-4-14-11)8(7-15)1-3-12(10)16-5-6-17-12/h2,4-6,8,15H,1,3,7H2/t8-/m0/s1. The first-order valence-corrected chi connectivity index (χ1v) is 5.91. The van der Waals surface area contributed by atoms with Crippen LogP contribution in [0.4, 0.5) is 0 Å². The van der Waals surface area contributed by atoms with Crippen LogP contribution in [0.1, 0.15) is 29.9 Å². The molecule has 0 amide bonds. The third kappa shape index (κ3) is 1.51. The minimum Gasteiger partial charge on any atom is -0.453 e. The predicted molar refractivity (Wildman–Crippen MR) is 61.3 cm³/mol. The van der Waals surface area contributed by atoms with Gasteiger partial charge >= 0.3 is 0 Å². The van der Waals surface area contributed by atoms with Crippen LogP contribution in [0, 0.1) is 0 Å². The molecule has 0 saturated heterocycles. The van der Waals surface area contributed by atoms with Crippen LogP contribution in [0.5, 0.6) is 0 Å². The quantitative estimate of drug-likeness (QED) is 0.780. The molecule has 1 spiro atoms. The van der Waals surface area contributed by atoms with Gasteiger partial charge in [-0.05, 0) is 18.1 Å². The van der Waals surface area contributed by atoms with Crippen molar-refractivity contribution in [2.75, 3.05) is 6.61 Å². The fourth-order valence-corrected chi connectivity index (χ4v) is 2.85. The third-order valence-corrected chi connectivity index (χ3v) is 3.66. The molecule has 1 aliphatic heterocycles. The molecule has 1 atom stereocenters. The molecule has 1 aliphatic carbocycles. The normalized spacial score (nSPS) is 24.2. The summed E-state index contributed by atoms with van der Waals surface area (Å²) >= 11 is 6.15. The number of nitrogens with zero attached hydrogens (tertiary/aromatic N) is 1. The number of aromatic nitrogens is 1. The lowest BCUT2D eigenvalue weighted by Gasteiger charge is -2.36. The summed E-state index contributed by atoms with van der Waals surface area (Å²) in [5, 5.41) is 9.78. The summed E-state index contributed by atoms with van der Waals surface area (Å²) in [5.41, 5.74) is 1.71. The molecule has 2 aliphatic rings. The number of hydrogen-bond donors (Lipinski definition) is 1. The van der Waals surface area contributed by atoms with E-state index in [0.29, 0.717) is 11.6 Å². The lowest BCUT2D eigenvalue weighted by molar-refractivity contribution is -0.162. The number of aliphatic hydroxyl groups is 1. The molecule has 90 valence electrons. The van der Waals surface area contributed by atoms with Crippen molar-refractivity contribution in [3.05, 3.63) is 41.1 Å². The van der Waals surface area contributed by atoms with Gasteiger partial charge in [0.25, 0.3) is 5.79 Å². The lowest BCUT2D eigenvalue weighted by atomic mass is 9.80. The van der Waals surface area contributed by atoms with Crippen molar-refractivity contribution in [1.29, 1.82) is 0 Å². The smallest absolute Gasteiger partial charge is 0.279 e. The van der Waals surface area contributed by atoms with Crippen LogP contribution >= 0.6 is 11.6 Å². The molecule has 0 fully saturated rings. The van der Waals surface area contributed by atoms with Gasteiger partial charge in [0.2, 0.25) is 0 Å². The summed E-state index contributed by atoms with van der Waals surface area (Å²) in [7, 11) is 0.